The molecule has 0 aromatic heterocycles. The van der Waals surface area contributed by atoms with Gasteiger partial charge in [0.15, 0.2) is 0 Å². The number of carbonyl (C=O) groups is 5. The summed E-state index contributed by atoms with van der Waals surface area (Å²) in [6, 6.07) is -1.26. The molecule has 1 N–H and O–H groups in total. The Bertz CT molecular complexity index is 611. The van der Waals surface area contributed by atoms with Gasteiger partial charge in [-0.2, -0.15) is 0 Å². The van der Waals surface area contributed by atoms with Gasteiger partial charge in [-0.1, -0.05) is 0 Å². The van der Waals surface area contributed by atoms with E-state index in [9.17, 15) is 24.0 Å². The van der Waals surface area contributed by atoms with Crippen molar-refractivity contribution < 1.29 is 38.2 Å². The molecule has 2 aliphatic heterocycles. The molecule has 0 spiro atoms. The Morgan fingerprint density at radius 1 is 1.00 bits per heavy atom. The lowest BCUT2D eigenvalue weighted by Crippen LogP contribution is -2.45. The maximum atomic E-state index is 11.8. The van der Waals surface area contributed by atoms with E-state index in [1.165, 1.54) is 14.2 Å². The van der Waals surface area contributed by atoms with Gasteiger partial charge < -0.3 is 19.5 Å². The summed E-state index contributed by atoms with van der Waals surface area (Å²) in [6.07, 6.45) is 0.630. The van der Waals surface area contributed by atoms with Gasteiger partial charge in [0.1, 0.15) is 17.7 Å². The Morgan fingerprint density at radius 2 is 1.59 bits per heavy atom. The van der Waals surface area contributed by atoms with Crippen LogP contribution < -0.4 is 5.32 Å². The monoisotopic (exact) mass is 386 g/mol. The molecular weight excluding hydrogens is 360 g/mol. The molecule has 3 amide bonds. The highest BCUT2D eigenvalue weighted by Crippen LogP contribution is 2.22. The smallest absolute Gasteiger partial charge is 0.417 e. The molecule has 0 aliphatic carbocycles. The third kappa shape index (κ3) is 6.54. The van der Waals surface area contributed by atoms with Crippen LogP contribution in [0.25, 0.3) is 0 Å². The summed E-state index contributed by atoms with van der Waals surface area (Å²) in [5, 5.41) is 2.49. The minimum absolute atomic E-state index is 0.0737. The number of amides is 3. The Hall–Kier alpha value is -2.65. The van der Waals surface area contributed by atoms with E-state index < -0.39 is 35.7 Å². The molecule has 152 valence electrons. The summed E-state index contributed by atoms with van der Waals surface area (Å²) in [7, 11) is 2.53. The molecule has 0 saturated carbocycles. The molecule has 0 unspecified atom stereocenters. The third-order valence-corrected chi connectivity index (χ3v) is 3.76. The SMILES string of the molecule is COC(=O)[C@@H]1CCC(=O)N1.COC(=O)[C@@H]1CCC(=O)N1C(=O)OC(C)(C)C. The van der Waals surface area contributed by atoms with Crippen LogP contribution >= 0.6 is 0 Å². The maximum Gasteiger partial charge on any atom is 0.417 e. The second-order valence-corrected chi connectivity index (χ2v) is 7.00. The second-order valence-electron chi connectivity index (χ2n) is 7.00. The van der Waals surface area contributed by atoms with Crippen molar-refractivity contribution in [2.24, 2.45) is 0 Å². The van der Waals surface area contributed by atoms with Gasteiger partial charge in [0.2, 0.25) is 11.8 Å². The number of methoxy groups -OCH3 is 2. The molecule has 2 atom stereocenters. The van der Waals surface area contributed by atoms with Gasteiger partial charge in [0, 0.05) is 12.8 Å². The van der Waals surface area contributed by atoms with Crippen molar-refractivity contribution >= 4 is 29.8 Å². The van der Waals surface area contributed by atoms with E-state index in [0.29, 0.717) is 12.8 Å². The van der Waals surface area contributed by atoms with Crippen LogP contribution in [-0.4, -0.2) is 66.7 Å². The van der Waals surface area contributed by atoms with Gasteiger partial charge in [-0.15, -0.1) is 0 Å². The molecule has 10 nitrogen and oxygen atoms in total. The zero-order valence-corrected chi connectivity index (χ0v) is 16.2. The normalized spacial score (nSPS) is 21.7. The summed E-state index contributed by atoms with van der Waals surface area (Å²) in [5.41, 5.74) is -0.708. The minimum Gasteiger partial charge on any atom is -0.467 e. The lowest BCUT2D eigenvalue weighted by atomic mass is 10.2. The van der Waals surface area contributed by atoms with Crippen molar-refractivity contribution in [1.82, 2.24) is 10.2 Å². The summed E-state index contributed by atoms with van der Waals surface area (Å²) < 4.78 is 14.1. The number of rotatable bonds is 2. The molecule has 0 radical (unpaired) electrons. The predicted molar refractivity (Wildman–Crippen MR) is 91.3 cm³/mol. The Kier molecular flexibility index (Phi) is 7.74. The largest absolute Gasteiger partial charge is 0.467 e. The number of carbonyl (C=O) groups excluding carboxylic acids is 5. The van der Waals surface area contributed by atoms with Crippen LogP contribution in [-0.2, 0) is 33.4 Å². The van der Waals surface area contributed by atoms with Crippen LogP contribution in [0.3, 0.4) is 0 Å². The summed E-state index contributed by atoms with van der Waals surface area (Å²) in [5.74, 6) is -1.43. The fraction of sp³-hybridized carbons (Fsp3) is 0.706. The molecule has 2 rings (SSSR count). The molecule has 2 heterocycles. The number of hydrogen-bond acceptors (Lipinski definition) is 8. The van der Waals surface area contributed by atoms with Gasteiger partial charge >= 0.3 is 18.0 Å². The molecule has 2 fully saturated rings. The summed E-state index contributed by atoms with van der Waals surface area (Å²) in [6.45, 7) is 5.08. The molecule has 2 saturated heterocycles. The maximum absolute atomic E-state index is 11.8. The highest BCUT2D eigenvalue weighted by molar-refractivity contribution is 5.99. The van der Waals surface area contributed by atoms with Gasteiger partial charge in [0.05, 0.1) is 14.2 Å². The lowest BCUT2D eigenvalue weighted by Gasteiger charge is -2.26. The average molecular weight is 386 g/mol. The van der Waals surface area contributed by atoms with E-state index in [1.54, 1.807) is 20.8 Å². The van der Waals surface area contributed by atoms with Crippen LogP contribution in [0.5, 0.6) is 0 Å². The standard InChI is InChI=1S/C11H17NO5.C6H9NO3/c1-11(2,3)17-10(15)12-7(9(14)16-4)5-6-8(12)13;1-10-6(9)4-2-3-5(8)7-4/h7H,5-6H2,1-4H3;4H,2-3H2,1H3,(H,7,8)/t7-;4-/m00/s1. The van der Waals surface area contributed by atoms with Crippen molar-refractivity contribution in [2.75, 3.05) is 14.2 Å². The van der Waals surface area contributed by atoms with E-state index >= 15 is 0 Å². The van der Waals surface area contributed by atoms with Crippen LogP contribution in [0.1, 0.15) is 46.5 Å². The predicted octanol–water partition coefficient (Wildman–Crippen LogP) is 0.523. The highest BCUT2D eigenvalue weighted by atomic mass is 16.6. The van der Waals surface area contributed by atoms with Gasteiger partial charge in [-0.3, -0.25) is 9.59 Å². The van der Waals surface area contributed by atoms with Crippen LogP contribution in [0.4, 0.5) is 4.79 Å². The first-order valence-electron chi connectivity index (χ1n) is 8.50. The van der Waals surface area contributed by atoms with E-state index in [2.05, 4.69) is 14.8 Å². The topological polar surface area (TPSA) is 128 Å². The second kappa shape index (κ2) is 9.33. The van der Waals surface area contributed by atoms with E-state index in [1.807, 2.05) is 0 Å². The summed E-state index contributed by atoms with van der Waals surface area (Å²) >= 11 is 0. The molecular formula is C17H26N2O8. The first-order valence-corrected chi connectivity index (χ1v) is 8.50. The van der Waals surface area contributed by atoms with Crippen LogP contribution in [0, 0.1) is 0 Å². The number of likely N-dealkylation sites (tertiary alicyclic amines) is 1. The number of esters is 2. The number of ether oxygens (including phenoxy) is 3. The molecule has 0 aromatic carbocycles. The van der Waals surface area contributed by atoms with E-state index in [0.717, 1.165) is 4.90 Å². The first kappa shape index (κ1) is 22.4. The van der Waals surface area contributed by atoms with E-state index in [4.69, 9.17) is 4.74 Å². The van der Waals surface area contributed by atoms with Gasteiger partial charge in [0.25, 0.3) is 0 Å². The van der Waals surface area contributed by atoms with Crippen molar-refractivity contribution in [3.8, 4) is 0 Å². The minimum atomic E-state index is -0.859. The third-order valence-electron chi connectivity index (χ3n) is 3.76. The zero-order valence-electron chi connectivity index (χ0n) is 16.2. The Labute approximate surface area is 157 Å². The van der Waals surface area contributed by atoms with E-state index in [-0.39, 0.29) is 24.7 Å². The zero-order chi connectivity index (χ0) is 20.8. The van der Waals surface area contributed by atoms with Crippen molar-refractivity contribution in [3.05, 3.63) is 0 Å². The fourth-order valence-electron chi connectivity index (χ4n) is 2.52. The number of hydrogen-bond donors (Lipinski definition) is 1. The highest BCUT2D eigenvalue weighted by Gasteiger charge is 2.43. The molecule has 10 heteroatoms. The lowest BCUT2D eigenvalue weighted by molar-refractivity contribution is -0.148. The Morgan fingerprint density at radius 3 is 2.04 bits per heavy atom. The number of nitrogens with one attached hydrogen (secondary N) is 1. The molecule has 0 aromatic rings. The van der Waals surface area contributed by atoms with Crippen molar-refractivity contribution in [3.63, 3.8) is 0 Å². The fourth-order valence-corrected chi connectivity index (χ4v) is 2.52. The first-order chi connectivity index (χ1) is 12.5. The number of imide groups is 1. The Balaban J connectivity index is 0.000000309. The quantitative estimate of drug-likeness (QED) is 0.537. The summed E-state index contributed by atoms with van der Waals surface area (Å²) in [4.78, 5) is 56.9. The number of nitrogens with zero attached hydrogens (tertiary/aromatic N) is 1. The van der Waals surface area contributed by atoms with Crippen LogP contribution in [0.15, 0.2) is 0 Å². The van der Waals surface area contributed by atoms with Crippen molar-refractivity contribution in [1.29, 1.82) is 0 Å². The molecule has 0 bridgehead atoms. The van der Waals surface area contributed by atoms with Crippen LogP contribution in [0.2, 0.25) is 0 Å². The molecule has 2 aliphatic rings. The molecule has 27 heavy (non-hydrogen) atoms. The van der Waals surface area contributed by atoms with Gasteiger partial charge in [-0.05, 0) is 33.6 Å². The average Bonchev–Trinajstić information content (AvgIpc) is 3.18. The van der Waals surface area contributed by atoms with Gasteiger partial charge in [-0.25, -0.2) is 19.3 Å². The van der Waals surface area contributed by atoms with Crippen molar-refractivity contribution in [2.45, 2.75) is 64.1 Å².